The Kier molecular flexibility index (Phi) is 5.16. The van der Waals surface area contributed by atoms with Crippen molar-refractivity contribution in [3.8, 4) is 0 Å². The first-order valence-corrected chi connectivity index (χ1v) is 6.83. The van der Waals surface area contributed by atoms with Crippen LogP contribution in [0, 0.1) is 0 Å². The van der Waals surface area contributed by atoms with E-state index in [4.69, 9.17) is 10.6 Å². The van der Waals surface area contributed by atoms with Crippen molar-refractivity contribution < 1.29 is 4.74 Å². The Bertz CT molecular complexity index is 347. The Balaban J connectivity index is 1.74. The molecule has 102 valence electrons. The van der Waals surface area contributed by atoms with E-state index in [9.17, 15) is 0 Å². The van der Waals surface area contributed by atoms with E-state index in [0.717, 1.165) is 25.9 Å². The molecule has 0 saturated carbocycles. The zero-order valence-corrected chi connectivity index (χ0v) is 11.1. The van der Waals surface area contributed by atoms with Gasteiger partial charge in [-0.1, -0.05) is 0 Å². The summed E-state index contributed by atoms with van der Waals surface area (Å²) in [5, 5.41) is 4.18. The lowest BCUT2D eigenvalue weighted by molar-refractivity contribution is 0.00858. The maximum absolute atomic E-state index is 5.74. The molecule has 0 amide bonds. The van der Waals surface area contributed by atoms with Crippen LogP contribution in [0.3, 0.4) is 0 Å². The number of hydrogen-bond donors (Lipinski definition) is 2. The number of aryl methyl sites for hydroxylation is 1. The second kappa shape index (κ2) is 6.87. The van der Waals surface area contributed by atoms with Crippen molar-refractivity contribution in [1.29, 1.82) is 0 Å². The van der Waals surface area contributed by atoms with E-state index in [-0.39, 0.29) is 0 Å². The van der Waals surface area contributed by atoms with Gasteiger partial charge in [0, 0.05) is 25.9 Å². The molecule has 1 aliphatic rings. The predicted molar refractivity (Wildman–Crippen MR) is 70.8 cm³/mol. The van der Waals surface area contributed by atoms with Crippen molar-refractivity contribution in [2.45, 2.75) is 50.7 Å². The first kappa shape index (κ1) is 13.5. The van der Waals surface area contributed by atoms with Crippen LogP contribution >= 0.6 is 0 Å². The maximum Gasteiger partial charge on any atom is 0.0575 e. The summed E-state index contributed by atoms with van der Waals surface area (Å²) in [5.74, 6) is 5.63. The summed E-state index contributed by atoms with van der Waals surface area (Å²) < 4.78 is 7.57. The molecule has 1 aromatic heterocycles. The average molecular weight is 252 g/mol. The number of ether oxygens (including phenoxy) is 1. The minimum absolute atomic E-state index is 0.305. The van der Waals surface area contributed by atoms with Gasteiger partial charge in [-0.25, -0.2) is 0 Å². The number of nitrogens with zero attached hydrogens (tertiary/aromatic N) is 2. The van der Waals surface area contributed by atoms with Gasteiger partial charge in [0.2, 0.25) is 0 Å². The standard InChI is InChI=1S/C13H24N4O/c1-17-10-11(9-15-17)8-12(16-14)5-6-13-4-2-3-7-18-13/h9-10,12-13,16H,2-8,14H2,1H3. The zero-order valence-electron chi connectivity index (χ0n) is 11.1. The molecule has 2 atom stereocenters. The molecule has 0 spiro atoms. The molecular weight excluding hydrogens is 228 g/mol. The third-order valence-corrected chi connectivity index (χ3v) is 3.59. The van der Waals surface area contributed by atoms with Crippen LogP contribution in [0.25, 0.3) is 0 Å². The molecule has 2 unspecified atom stereocenters. The van der Waals surface area contributed by atoms with Crippen molar-refractivity contribution in [1.82, 2.24) is 15.2 Å². The Morgan fingerprint density at radius 3 is 3.11 bits per heavy atom. The van der Waals surface area contributed by atoms with Gasteiger partial charge >= 0.3 is 0 Å². The molecule has 5 heteroatoms. The molecule has 2 rings (SSSR count). The van der Waals surface area contributed by atoms with Crippen LogP contribution in [-0.2, 0) is 18.2 Å². The maximum atomic E-state index is 5.74. The smallest absolute Gasteiger partial charge is 0.0575 e. The van der Waals surface area contributed by atoms with Crippen molar-refractivity contribution >= 4 is 0 Å². The second-order valence-corrected chi connectivity index (χ2v) is 5.16. The highest BCUT2D eigenvalue weighted by molar-refractivity contribution is 5.05. The molecule has 0 bridgehead atoms. The molecule has 5 nitrogen and oxygen atoms in total. The van der Waals surface area contributed by atoms with Crippen LogP contribution in [0.1, 0.15) is 37.7 Å². The fourth-order valence-electron chi connectivity index (χ4n) is 2.53. The van der Waals surface area contributed by atoms with Gasteiger partial charge in [0.1, 0.15) is 0 Å². The van der Waals surface area contributed by atoms with Crippen LogP contribution in [0.2, 0.25) is 0 Å². The highest BCUT2D eigenvalue weighted by Gasteiger charge is 2.16. The summed E-state index contributed by atoms with van der Waals surface area (Å²) >= 11 is 0. The van der Waals surface area contributed by atoms with E-state index >= 15 is 0 Å². The van der Waals surface area contributed by atoms with Crippen LogP contribution in [0.5, 0.6) is 0 Å². The van der Waals surface area contributed by atoms with Gasteiger partial charge in [0.05, 0.1) is 12.3 Å². The van der Waals surface area contributed by atoms with Crippen molar-refractivity contribution in [2.24, 2.45) is 12.9 Å². The first-order chi connectivity index (χ1) is 8.78. The molecule has 18 heavy (non-hydrogen) atoms. The summed E-state index contributed by atoms with van der Waals surface area (Å²) in [7, 11) is 1.93. The number of nitrogens with one attached hydrogen (secondary N) is 1. The SMILES string of the molecule is Cn1cc(CC(CCC2CCCCO2)NN)cn1. The quantitative estimate of drug-likeness (QED) is 0.589. The Morgan fingerprint density at radius 1 is 1.61 bits per heavy atom. The lowest BCUT2D eigenvalue weighted by Crippen LogP contribution is -2.37. The van der Waals surface area contributed by atoms with Gasteiger partial charge < -0.3 is 4.74 Å². The molecule has 0 radical (unpaired) electrons. The van der Waals surface area contributed by atoms with Crippen LogP contribution < -0.4 is 11.3 Å². The largest absolute Gasteiger partial charge is 0.378 e. The summed E-state index contributed by atoms with van der Waals surface area (Å²) in [5.41, 5.74) is 4.13. The van der Waals surface area contributed by atoms with E-state index in [1.54, 1.807) is 0 Å². The fourth-order valence-corrected chi connectivity index (χ4v) is 2.53. The summed E-state index contributed by atoms with van der Waals surface area (Å²) in [6.07, 6.45) is 11.2. The number of nitrogens with two attached hydrogens (primary N) is 1. The van der Waals surface area contributed by atoms with Crippen molar-refractivity contribution in [3.05, 3.63) is 18.0 Å². The van der Waals surface area contributed by atoms with Crippen molar-refractivity contribution in [3.63, 3.8) is 0 Å². The van der Waals surface area contributed by atoms with Gasteiger partial charge in [-0.3, -0.25) is 16.0 Å². The molecular formula is C13H24N4O. The molecule has 2 heterocycles. The third kappa shape index (κ3) is 4.08. The van der Waals surface area contributed by atoms with E-state index in [1.165, 1.54) is 24.8 Å². The normalized spacial score (nSPS) is 22.0. The summed E-state index contributed by atoms with van der Waals surface area (Å²) in [6, 6.07) is 0.305. The average Bonchev–Trinajstić information content (AvgIpc) is 2.81. The summed E-state index contributed by atoms with van der Waals surface area (Å²) in [6.45, 7) is 0.925. The van der Waals surface area contributed by atoms with Gasteiger partial charge in [-0.15, -0.1) is 0 Å². The first-order valence-electron chi connectivity index (χ1n) is 6.83. The Labute approximate surface area is 109 Å². The Morgan fingerprint density at radius 2 is 2.50 bits per heavy atom. The molecule has 3 N–H and O–H groups in total. The zero-order chi connectivity index (χ0) is 12.8. The molecule has 1 aromatic rings. The minimum atomic E-state index is 0.305. The monoisotopic (exact) mass is 252 g/mol. The fraction of sp³-hybridized carbons (Fsp3) is 0.769. The number of aromatic nitrogens is 2. The van der Waals surface area contributed by atoms with Gasteiger partial charge in [-0.05, 0) is 44.1 Å². The molecule has 1 aliphatic heterocycles. The topological polar surface area (TPSA) is 65.1 Å². The minimum Gasteiger partial charge on any atom is -0.378 e. The van der Waals surface area contributed by atoms with E-state index in [2.05, 4.69) is 10.5 Å². The van der Waals surface area contributed by atoms with Crippen LogP contribution in [0.4, 0.5) is 0 Å². The number of rotatable bonds is 6. The Hall–Kier alpha value is -0.910. The second-order valence-electron chi connectivity index (χ2n) is 5.16. The summed E-state index contributed by atoms with van der Waals surface area (Å²) in [4.78, 5) is 0. The van der Waals surface area contributed by atoms with E-state index < -0.39 is 0 Å². The van der Waals surface area contributed by atoms with Gasteiger partial charge in [0.15, 0.2) is 0 Å². The third-order valence-electron chi connectivity index (χ3n) is 3.59. The predicted octanol–water partition coefficient (Wildman–Crippen LogP) is 1.14. The lowest BCUT2D eigenvalue weighted by atomic mass is 9.99. The molecule has 0 aromatic carbocycles. The van der Waals surface area contributed by atoms with Crippen LogP contribution in [-0.4, -0.2) is 28.5 Å². The van der Waals surface area contributed by atoms with Crippen molar-refractivity contribution in [2.75, 3.05) is 6.61 Å². The highest BCUT2D eigenvalue weighted by Crippen LogP contribution is 2.18. The van der Waals surface area contributed by atoms with Gasteiger partial charge in [0.25, 0.3) is 0 Å². The molecule has 1 saturated heterocycles. The lowest BCUT2D eigenvalue weighted by Gasteiger charge is -2.24. The highest BCUT2D eigenvalue weighted by atomic mass is 16.5. The van der Waals surface area contributed by atoms with Crippen LogP contribution in [0.15, 0.2) is 12.4 Å². The number of hydrogen-bond acceptors (Lipinski definition) is 4. The molecule has 1 fully saturated rings. The van der Waals surface area contributed by atoms with E-state index in [1.807, 2.05) is 24.1 Å². The molecule has 0 aliphatic carbocycles. The van der Waals surface area contributed by atoms with E-state index in [0.29, 0.717) is 12.1 Å². The van der Waals surface area contributed by atoms with Gasteiger partial charge in [-0.2, -0.15) is 5.10 Å². The number of hydrazine groups is 1.